The van der Waals surface area contributed by atoms with Crippen LogP contribution in [0.3, 0.4) is 0 Å². The quantitative estimate of drug-likeness (QED) is 0.665. The van der Waals surface area contributed by atoms with Gasteiger partial charge in [-0.15, -0.1) is 0 Å². The fourth-order valence-corrected chi connectivity index (χ4v) is 1.17. The second-order valence-electron chi connectivity index (χ2n) is 4.74. The summed E-state index contributed by atoms with van der Waals surface area (Å²) >= 11 is 0. The number of aliphatic hydroxyl groups is 1. The van der Waals surface area contributed by atoms with Gasteiger partial charge in [0.15, 0.2) is 0 Å². The van der Waals surface area contributed by atoms with Gasteiger partial charge in [-0.3, -0.25) is 0 Å². The molecule has 0 aliphatic heterocycles. The molecule has 1 aromatic rings. The standard InChI is InChI=1S/C12H22N4O/c1-4-5-13-11-14-6-10(7-15-11)8-16-12(2,3)9-17/h6-7,16-17H,4-5,8-9H2,1-3H3,(H,13,14,15). The van der Waals surface area contributed by atoms with E-state index < -0.39 is 0 Å². The van der Waals surface area contributed by atoms with Crippen molar-refractivity contribution >= 4 is 5.95 Å². The predicted octanol–water partition coefficient (Wildman–Crippen LogP) is 1.16. The van der Waals surface area contributed by atoms with E-state index in [1.54, 1.807) is 12.4 Å². The maximum Gasteiger partial charge on any atom is 0.222 e. The molecular formula is C12H22N4O. The molecule has 5 heteroatoms. The van der Waals surface area contributed by atoms with Gasteiger partial charge in [-0.05, 0) is 20.3 Å². The van der Waals surface area contributed by atoms with Gasteiger partial charge in [0.25, 0.3) is 0 Å². The van der Waals surface area contributed by atoms with Crippen molar-refractivity contribution in [2.75, 3.05) is 18.5 Å². The van der Waals surface area contributed by atoms with Gasteiger partial charge >= 0.3 is 0 Å². The van der Waals surface area contributed by atoms with Crippen LogP contribution in [-0.4, -0.2) is 33.8 Å². The van der Waals surface area contributed by atoms with Gasteiger partial charge in [-0.2, -0.15) is 0 Å². The first kappa shape index (κ1) is 13.9. The van der Waals surface area contributed by atoms with Crippen molar-refractivity contribution in [2.24, 2.45) is 0 Å². The molecule has 0 aliphatic rings. The Morgan fingerprint density at radius 2 is 1.94 bits per heavy atom. The molecule has 1 heterocycles. The first-order chi connectivity index (χ1) is 8.07. The van der Waals surface area contributed by atoms with E-state index >= 15 is 0 Å². The Hall–Kier alpha value is -1.20. The molecule has 1 aromatic heterocycles. The molecule has 0 aromatic carbocycles. The SMILES string of the molecule is CCCNc1ncc(CNC(C)(C)CO)cn1. The van der Waals surface area contributed by atoms with Crippen LogP contribution in [0.5, 0.6) is 0 Å². The second kappa shape index (κ2) is 6.51. The van der Waals surface area contributed by atoms with Gasteiger partial charge in [0.05, 0.1) is 6.61 Å². The van der Waals surface area contributed by atoms with Gasteiger partial charge in [-0.25, -0.2) is 9.97 Å². The van der Waals surface area contributed by atoms with Crippen molar-refractivity contribution in [3.05, 3.63) is 18.0 Å². The van der Waals surface area contributed by atoms with E-state index in [2.05, 4.69) is 27.5 Å². The monoisotopic (exact) mass is 238 g/mol. The van der Waals surface area contributed by atoms with Gasteiger partial charge in [0.1, 0.15) is 0 Å². The lowest BCUT2D eigenvalue weighted by atomic mass is 10.1. The first-order valence-corrected chi connectivity index (χ1v) is 5.98. The highest BCUT2D eigenvalue weighted by Crippen LogP contribution is 2.04. The van der Waals surface area contributed by atoms with E-state index in [-0.39, 0.29) is 12.1 Å². The van der Waals surface area contributed by atoms with Crippen LogP contribution in [0.15, 0.2) is 12.4 Å². The smallest absolute Gasteiger partial charge is 0.222 e. The topological polar surface area (TPSA) is 70.1 Å². The minimum absolute atomic E-state index is 0.101. The van der Waals surface area contributed by atoms with E-state index in [1.165, 1.54) is 0 Å². The largest absolute Gasteiger partial charge is 0.394 e. The summed E-state index contributed by atoms with van der Waals surface area (Å²) < 4.78 is 0. The average molecular weight is 238 g/mol. The Balaban J connectivity index is 2.45. The van der Waals surface area contributed by atoms with Crippen molar-refractivity contribution in [2.45, 2.75) is 39.3 Å². The summed E-state index contributed by atoms with van der Waals surface area (Å²) in [5.41, 5.74) is 0.729. The van der Waals surface area contributed by atoms with Crippen LogP contribution < -0.4 is 10.6 Å². The summed E-state index contributed by atoms with van der Waals surface area (Å²) in [5.74, 6) is 0.664. The number of aromatic nitrogens is 2. The van der Waals surface area contributed by atoms with Crippen molar-refractivity contribution in [1.82, 2.24) is 15.3 Å². The van der Waals surface area contributed by atoms with Gasteiger partial charge < -0.3 is 15.7 Å². The van der Waals surface area contributed by atoms with E-state index in [0.29, 0.717) is 12.5 Å². The van der Waals surface area contributed by atoms with Crippen molar-refractivity contribution in [1.29, 1.82) is 0 Å². The zero-order chi connectivity index (χ0) is 12.7. The van der Waals surface area contributed by atoms with Crippen molar-refractivity contribution in [3.63, 3.8) is 0 Å². The van der Waals surface area contributed by atoms with Crippen molar-refractivity contribution in [3.8, 4) is 0 Å². The molecule has 0 amide bonds. The number of nitrogens with zero attached hydrogens (tertiary/aromatic N) is 2. The van der Waals surface area contributed by atoms with Crippen LogP contribution in [0.4, 0.5) is 5.95 Å². The third-order valence-electron chi connectivity index (χ3n) is 2.40. The number of hydrogen-bond donors (Lipinski definition) is 3. The van der Waals surface area contributed by atoms with E-state index in [0.717, 1.165) is 18.5 Å². The maximum absolute atomic E-state index is 9.11. The van der Waals surface area contributed by atoms with Gasteiger partial charge in [-0.1, -0.05) is 6.92 Å². The van der Waals surface area contributed by atoms with Crippen molar-refractivity contribution < 1.29 is 5.11 Å². The molecule has 5 nitrogen and oxygen atoms in total. The predicted molar refractivity (Wildman–Crippen MR) is 68.8 cm³/mol. The Morgan fingerprint density at radius 3 is 2.47 bits per heavy atom. The minimum atomic E-state index is -0.279. The summed E-state index contributed by atoms with van der Waals surface area (Å²) in [6.07, 6.45) is 4.65. The zero-order valence-corrected chi connectivity index (χ0v) is 10.8. The zero-order valence-electron chi connectivity index (χ0n) is 10.8. The molecule has 0 radical (unpaired) electrons. The molecule has 3 N–H and O–H groups in total. The minimum Gasteiger partial charge on any atom is -0.394 e. The average Bonchev–Trinajstić information content (AvgIpc) is 2.35. The lowest BCUT2D eigenvalue weighted by molar-refractivity contribution is 0.187. The fraction of sp³-hybridized carbons (Fsp3) is 0.667. The van der Waals surface area contributed by atoms with Crippen LogP contribution in [0.1, 0.15) is 32.8 Å². The van der Waals surface area contributed by atoms with E-state index in [9.17, 15) is 0 Å². The third kappa shape index (κ3) is 5.10. The molecule has 0 saturated heterocycles. The number of anilines is 1. The van der Waals surface area contributed by atoms with E-state index in [1.807, 2.05) is 13.8 Å². The van der Waals surface area contributed by atoms with Crippen LogP contribution in [0.25, 0.3) is 0 Å². The molecule has 0 fully saturated rings. The second-order valence-corrected chi connectivity index (χ2v) is 4.74. The lowest BCUT2D eigenvalue weighted by Gasteiger charge is -2.23. The molecule has 96 valence electrons. The van der Waals surface area contributed by atoms with Crippen LogP contribution in [0.2, 0.25) is 0 Å². The first-order valence-electron chi connectivity index (χ1n) is 5.98. The number of aliphatic hydroxyl groups excluding tert-OH is 1. The van der Waals surface area contributed by atoms with Crippen LogP contribution in [0, 0.1) is 0 Å². The molecule has 0 saturated carbocycles. The highest BCUT2D eigenvalue weighted by Gasteiger charge is 2.14. The van der Waals surface area contributed by atoms with Crippen LogP contribution in [-0.2, 0) is 6.54 Å². The number of hydrogen-bond acceptors (Lipinski definition) is 5. The Morgan fingerprint density at radius 1 is 1.29 bits per heavy atom. The number of rotatable bonds is 7. The molecule has 0 bridgehead atoms. The molecule has 0 unspecified atom stereocenters. The fourth-order valence-electron chi connectivity index (χ4n) is 1.17. The molecule has 0 spiro atoms. The summed E-state index contributed by atoms with van der Waals surface area (Å²) in [7, 11) is 0. The highest BCUT2D eigenvalue weighted by molar-refractivity contribution is 5.24. The summed E-state index contributed by atoms with van der Waals surface area (Å²) in [6, 6.07) is 0. The molecule has 0 aliphatic carbocycles. The Bertz CT molecular complexity index is 324. The molecule has 1 rings (SSSR count). The van der Waals surface area contributed by atoms with Crippen LogP contribution >= 0.6 is 0 Å². The molecule has 0 atom stereocenters. The number of nitrogens with one attached hydrogen (secondary N) is 2. The molecular weight excluding hydrogens is 216 g/mol. The molecule has 17 heavy (non-hydrogen) atoms. The van der Waals surface area contributed by atoms with Gasteiger partial charge in [0, 0.05) is 36.6 Å². The summed E-state index contributed by atoms with van der Waals surface area (Å²) in [5, 5.41) is 15.5. The third-order valence-corrected chi connectivity index (χ3v) is 2.40. The Labute approximate surface area is 103 Å². The maximum atomic E-state index is 9.11. The van der Waals surface area contributed by atoms with E-state index in [4.69, 9.17) is 5.11 Å². The van der Waals surface area contributed by atoms with Gasteiger partial charge in [0.2, 0.25) is 5.95 Å². The normalized spacial score (nSPS) is 11.5. The Kier molecular flexibility index (Phi) is 5.31. The lowest BCUT2D eigenvalue weighted by Crippen LogP contribution is -2.42. The summed E-state index contributed by atoms with van der Waals surface area (Å²) in [4.78, 5) is 8.44. The highest BCUT2D eigenvalue weighted by atomic mass is 16.3. The summed E-state index contributed by atoms with van der Waals surface area (Å²) in [6.45, 7) is 7.64.